The summed E-state index contributed by atoms with van der Waals surface area (Å²) in [4.78, 5) is 47.9. The molecule has 2 unspecified atom stereocenters. The number of nitrogens with zero attached hydrogens (tertiary/aromatic N) is 11. The molecule has 4 aliphatic heterocycles. The van der Waals surface area contributed by atoms with Crippen LogP contribution in [0.3, 0.4) is 0 Å². The van der Waals surface area contributed by atoms with Crippen LogP contribution in [-0.2, 0) is 9.59 Å². The van der Waals surface area contributed by atoms with Crippen molar-refractivity contribution in [2.75, 3.05) is 87.7 Å². The van der Waals surface area contributed by atoms with Gasteiger partial charge in [-0.3, -0.25) is 19.4 Å². The Kier molecular flexibility index (Phi) is 15.0. The molecule has 0 saturated carbocycles. The summed E-state index contributed by atoms with van der Waals surface area (Å²) < 4.78 is 20.0. The summed E-state index contributed by atoms with van der Waals surface area (Å²) in [6, 6.07) is 22.1. The van der Waals surface area contributed by atoms with Crippen LogP contribution in [-0.4, -0.2) is 163 Å². The zero-order valence-corrected chi connectivity index (χ0v) is 42.5. The number of aliphatic hydroxyl groups is 1. The molecule has 20 heteroatoms. The van der Waals surface area contributed by atoms with Crippen molar-refractivity contribution in [1.82, 2.24) is 49.9 Å². The number of phenols is 1. The summed E-state index contributed by atoms with van der Waals surface area (Å²) in [6.07, 6.45) is 6.92. The van der Waals surface area contributed by atoms with Gasteiger partial charge in [-0.15, -0.1) is 10.2 Å². The van der Waals surface area contributed by atoms with E-state index in [2.05, 4.69) is 62.4 Å². The number of pyridine rings is 1. The van der Waals surface area contributed by atoms with Crippen LogP contribution in [0.5, 0.6) is 17.5 Å². The number of fused-ring (bicyclic) bond motifs is 2. The highest BCUT2D eigenvalue weighted by molar-refractivity contribution is 5.91. The Bertz CT molecular complexity index is 2870. The number of phenolic OH excluding ortho intramolecular Hbond substituents is 1. The lowest BCUT2D eigenvalue weighted by Crippen LogP contribution is -2.54. The van der Waals surface area contributed by atoms with E-state index in [1.54, 1.807) is 24.4 Å². The number of nitrogens with two attached hydrogens (primary N) is 1. The number of para-hydroxylation sites is 1. The van der Waals surface area contributed by atoms with Crippen molar-refractivity contribution in [3.05, 3.63) is 109 Å². The number of nitrogens with one attached hydrogen (secondary N) is 1. The van der Waals surface area contributed by atoms with Gasteiger partial charge in [0.25, 0.3) is 5.88 Å². The minimum atomic E-state index is -0.836. The van der Waals surface area contributed by atoms with E-state index in [0.717, 1.165) is 87.1 Å². The molecule has 4 aromatic heterocycles. The molecule has 0 radical (unpaired) electrons. The third-order valence-electron chi connectivity index (χ3n) is 15.1. The van der Waals surface area contributed by atoms with Gasteiger partial charge in [0, 0.05) is 125 Å². The lowest BCUT2D eigenvalue weighted by atomic mass is 9.91. The number of rotatable bonds is 18. The van der Waals surface area contributed by atoms with Gasteiger partial charge in [-0.05, 0) is 79.7 Å². The van der Waals surface area contributed by atoms with Crippen LogP contribution in [0, 0.1) is 12.8 Å². The molecular weight excluding hydrogens is 943 g/mol. The molecule has 4 aliphatic rings. The standard InChI is InChI=1S/C54H67N13O7/c1-34(2)51(54(71)66-33-42(68)28-46(66)53(70)58-35(3)37-9-11-38(12-10-37)65-18-17-56-36(65)4)48-30-50(61-74-48)73-26-24-63-21-19-62(20-22-63)23-25-72-49-27-39(15-16-57-49)67-40-13-14-41(67)32-64(31-40)45-29-44(59-60-52(45)55)43-7-5-6-8-47(43)69/h5-12,15-18,27,29-30,34-35,40-42,46,51,68-69H,13-14,19-26,28,31-33H2,1-4H3,(H2,55,60)(H,58,70)/t35-,40?,41?,42+,46-,51-/m0/s1. The highest BCUT2D eigenvalue weighted by atomic mass is 16.5. The zero-order chi connectivity index (χ0) is 51.5. The molecule has 390 valence electrons. The van der Waals surface area contributed by atoms with Gasteiger partial charge in [-0.2, -0.15) is 0 Å². The van der Waals surface area contributed by atoms with E-state index >= 15 is 0 Å². The summed E-state index contributed by atoms with van der Waals surface area (Å²) >= 11 is 0. The Morgan fingerprint density at radius 3 is 2.22 bits per heavy atom. The third kappa shape index (κ3) is 11.0. The number of aryl methyl sites for hydroxylation is 1. The van der Waals surface area contributed by atoms with E-state index in [0.29, 0.717) is 54.4 Å². The smallest absolute Gasteiger partial charge is 0.254 e. The number of hydrogen-bond acceptors (Lipinski definition) is 17. The van der Waals surface area contributed by atoms with Crippen molar-refractivity contribution < 1.29 is 33.8 Å². The molecule has 0 aliphatic carbocycles. The summed E-state index contributed by atoms with van der Waals surface area (Å²) in [5.41, 5.74) is 11.4. The van der Waals surface area contributed by atoms with Gasteiger partial charge in [0.2, 0.25) is 17.7 Å². The van der Waals surface area contributed by atoms with E-state index in [4.69, 9.17) is 19.7 Å². The highest BCUT2D eigenvalue weighted by Gasteiger charge is 2.44. The number of aromatic hydroxyl groups is 1. The molecule has 0 spiro atoms. The molecule has 4 saturated heterocycles. The first kappa shape index (κ1) is 50.3. The fourth-order valence-corrected chi connectivity index (χ4v) is 11.1. The molecule has 2 aromatic carbocycles. The summed E-state index contributed by atoms with van der Waals surface area (Å²) in [7, 11) is 0. The highest BCUT2D eigenvalue weighted by Crippen LogP contribution is 2.40. The first-order chi connectivity index (χ1) is 35.9. The number of nitrogen functional groups attached to an aromatic ring is 1. The molecule has 5 N–H and O–H groups in total. The van der Waals surface area contributed by atoms with Crippen molar-refractivity contribution in [2.24, 2.45) is 5.92 Å². The second kappa shape index (κ2) is 22.0. The van der Waals surface area contributed by atoms with Crippen molar-refractivity contribution in [1.29, 1.82) is 0 Å². The van der Waals surface area contributed by atoms with Crippen LogP contribution in [0.1, 0.15) is 69.1 Å². The number of piperazine rings is 2. The van der Waals surface area contributed by atoms with E-state index in [1.165, 1.54) is 4.90 Å². The summed E-state index contributed by atoms with van der Waals surface area (Å²) in [6.45, 7) is 15.3. The molecule has 2 amide bonds. The van der Waals surface area contributed by atoms with Gasteiger partial charge in [0.15, 0.2) is 11.6 Å². The molecule has 4 fully saturated rings. The lowest BCUT2D eigenvalue weighted by molar-refractivity contribution is -0.141. The minimum absolute atomic E-state index is 0.0480. The number of carbonyl (C=O) groups excluding carboxylic acids is 2. The Morgan fingerprint density at radius 2 is 1.54 bits per heavy atom. The number of imidazole rings is 1. The van der Waals surface area contributed by atoms with E-state index in [9.17, 15) is 19.8 Å². The molecule has 8 heterocycles. The Morgan fingerprint density at radius 1 is 0.838 bits per heavy atom. The fraction of sp³-hybridized carbons (Fsp3) is 0.463. The summed E-state index contributed by atoms with van der Waals surface area (Å²) in [5.74, 6) is 1.15. The number of carbonyl (C=O) groups is 2. The fourth-order valence-electron chi connectivity index (χ4n) is 11.1. The largest absolute Gasteiger partial charge is 0.507 e. The van der Waals surface area contributed by atoms with Crippen molar-refractivity contribution in [3.63, 3.8) is 0 Å². The van der Waals surface area contributed by atoms with Crippen molar-refractivity contribution in [3.8, 4) is 34.5 Å². The van der Waals surface area contributed by atoms with Gasteiger partial charge in [-0.25, -0.2) is 9.97 Å². The molecular formula is C54H67N13O7. The minimum Gasteiger partial charge on any atom is -0.507 e. The number of anilines is 3. The monoisotopic (exact) mass is 1010 g/mol. The third-order valence-corrected chi connectivity index (χ3v) is 15.1. The maximum Gasteiger partial charge on any atom is 0.254 e. The molecule has 6 aromatic rings. The lowest BCUT2D eigenvalue weighted by Gasteiger charge is -2.43. The van der Waals surface area contributed by atoms with Crippen LogP contribution in [0.4, 0.5) is 17.2 Å². The number of likely N-dealkylation sites (tertiary alicyclic amines) is 1. The van der Waals surface area contributed by atoms with Crippen molar-refractivity contribution in [2.45, 2.75) is 83.1 Å². The van der Waals surface area contributed by atoms with Crippen molar-refractivity contribution >= 4 is 29.0 Å². The number of aromatic nitrogens is 6. The van der Waals surface area contributed by atoms with E-state index < -0.39 is 18.1 Å². The maximum atomic E-state index is 14.2. The number of hydrogen-bond donors (Lipinski definition) is 4. The first-order valence-electron chi connectivity index (χ1n) is 25.8. The van der Waals surface area contributed by atoms with Crippen LogP contribution < -0.4 is 30.3 Å². The average molecular weight is 1010 g/mol. The molecule has 20 nitrogen and oxygen atoms in total. The summed E-state index contributed by atoms with van der Waals surface area (Å²) in [5, 5.41) is 36.9. The number of β-amino-alcohol motifs (C(OH)–C–C–N with tert-alkyl or cyclic N) is 1. The predicted octanol–water partition coefficient (Wildman–Crippen LogP) is 4.82. The number of ether oxygens (including phenoxy) is 2. The van der Waals surface area contributed by atoms with Crippen LogP contribution in [0.15, 0.2) is 95.9 Å². The van der Waals surface area contributed by atoms with Crippen LogP contribution in [0.2, 0.25) is 0 Å². The number of aliphatic hydroxyl groups excluding tert-OH is 1. The molecule has 10 rings (SSSR count). The number of amides is 2. The Labute approximate surface area is 431 Å². The molecule has 2 bridgehead atoms. The zero-order valence-electron chi connectivity index (χ0n) is 42.5. The topological polar surface area (TPSA) is 230 Å². The van der Waals surface area contributed by atoms with E-state index in [1.807, 2.05) is 87.1 Å². The van der Waals surface area contributed by atoms with Gasteiger partial charge in [0.1, 0.15) is 36.7 Å². The molecule has 74 heavy (non-hydrogen) atoms. The second-order valence-corrected chi connectivity index (χ2v) is 20.3. The van der Waals surface area contributed by atoms with Gasteiger partial charge in [0.05, 0.1) is 23.5 Å². The predicted molar refractivity (Wildman–Crippen MR) is 278 cm³/mol. The Balaban J connectivity index is 0.655. The normalized spacial score (nSPS) is 21.0. The quantitative estimate of drug-likeness (QED) is 0.0905. The molecule has 6 atom stereocenters. The Hall–Kier alpha value is -7.29. The van der Waals surface area contributed by atoms with Gasteiger partial charge < -0.3 is 54.5 Å². The first-order valence-corrected chi connectivity index (χ1v) is 25.8. The number of benzene rings is 2. The average Bonchev–Trinajstić information content (AvgIpc) is 4.20. The maximum absolute atomic E-state index is 14.2. The van der Waals surface area contributed by atoms with Gasteiger partial charge >= 0.3 is 0 Å². The van der Waals surface area contributed by atoms with E-state index in [-0.39, 0.29) is 54.6 Å². The van der Waals surface area contributed by atoms with Crippen LogP contribution >= 0.6 is 0 Å². The second-order valence-electron chi connectivity index (χ2n) is 20.3. The van der Waals surface area contributed by atoms with Gasteiger partial charge in [-0.1, -0.05) is 38.1 Å². The van der Waals surface area contributed by atoms with Crippen LogP contribution in [0.25, 0.3) is 16.9 Å². The SMILES string of the molecule is Cc1nccn1-c1ccc([C@H](C)NC(=O)[C@@H]2C[C@@H](O)CN2C(=O)[C@H](c2cc(OCCN3CCN(CCOc4cc(N5C6CCC5CN(c5cc(-c7ccccc7O)nnc5N)C6)ccn4)CC3)no2)C(C)C)cc1.